The number of pyridine rings is 1. The van der Waals surface area contributed by atoms with Gasteiger partial charge in [0, 0.05) is 35.7 Å². The number of rotatable bonds is 6. The highest BCUT2D eigenvalue weighted by atomic mass is 35.5. The van der Waals surface area contributed by atoms with Crippen LogP contribution in [0.15, 0.2) is 72.9 Å². The minimum Gasteiger partial charge on any atom is -0.367 e. The second-order valence-corrected chi connectivity index (χ2v) is 6.30. The second kappa shape index (κ2) is 8.50. The van der Waals surface area contributed by atoms with Crippen molar-refractivity contribution in [3.05, 3.63) is 89.2 Å². The van der Waals surface area contributed by atoms with Gasteiger partial charge in [0.15, 0.2) is 0 Å². The van der Waals surface area contributed by atoms with Crippen LogP contribution in [-0.2, 0) is 6.54 Å². The molecule has 26 heavy (non-hydrogen) atoms. The zero-order valence-corrected chi connectivity index (χ0v) is 15.3. The lowest BCUT2D eigenvalue weighted by atomic mass is 10.2. The van der Waals surface area contributed by atoms with Crippen molar-refractivity contribution in [1.82, 2.24) is 4.98 Å². The number of carbonyl (C=O) groups excluding carboxylic acids is 1. The van der Waals surface area contributed by atoms with E-state index in [0.717, 1.165) is 18.8 Å². The Kier molecular flexibility index (Phi) is 5.87. The number of halogens is 1. The lowest BCUT2D eigenvalue weighted by molar-refractivity contribution is 0.102. The van der Waals surface area contributed by atoms with Crippen molar-refractivity contribution >= 4 is 28.9 Å². The van der Waals surface area contributed by atoms with E-state index in [2.05, 4.69) is 34.3 Å². The van der Waals surface area contributed by atoms with Gasteiger partial charge in [-0.3, -0.25) is 9.78 Å². The Bertz CT molecular complexity index is 883. The quantitative estimate of drug-likeness (QED) is 0.667. The van der Waals surface area contributed by atoms with Crippen LogP contribution >= 0.6 is 11.6 Å². The van der Waals surface area contributed by atoms with Gasteiger partial charge < -0.3 is 10.2 Å². The minimum absolute atomic E-state index is 0.259. The van der Waals surface area contributed by atoms with E-state index in [4.69, 9.17) is 11.6 Å². The summed E-state index contributed by atoms with van der Waals surface area (Å²) in [6.07, 6.45) is 1.66. The molecule has 1 N–H and O–H groups in total. The molecule has 0 aliphatic carbocycles. The molecule has 0 spiro atoms. The normalized spacial score (nSPS) is 10.4. The topological polar surface area (TPSA) is 45.2 Å². The third-order valence-corrected chi connectivity index (χ3v) is 4.26. The van der Waals surface area contributed by atoms with E-state index in [1.165, 1.54) is 5.56 Å². The number of benzene rings is 2. The summed E-state index contributed by atoms with van der Waals surface area (Å²) in [7, 11) is 0. The van der Waals surface area contributed by atoms with Crippen LogP contribution in [-0.4, -0.2) is 17.4 Å². The number of amides is 1. The van der Waals surface area contributed by atoms with E-state index in [1.54, 1.807) is 30.5 Å². The smallest absolute Gasteiger partial charge is 0.274 e. The highest BCUT2D eigenvalue weighted by Crippen LogP contribution is 2.19. The number of carbonyl (C=O) groups is 1. The molecule has 0 bridgehead atoms. The third kappa shape index (κ3) is 4.61. The maximum absolute atomic E-state index is 12.5. The van der Waals surface area contributed by atoms with Gasteiger partial charge in [0.05, 0.1) is 0 Å². The van der Waals surface area contributed by atoms with E-state index >= 15 is 0 Å². The monoisotopic (exact) mass is 365 g/mol. The van der Waals surface area contributed by atoms with Gasteiger partial charge >= 0.3 is 0 Å². The van der Waals surface area contributed by atoms with Gasteiger partial charge in [0.25, 0.3) is 5.91 Å². The van der Waals surface area contributed by atoms with Gasteiger partial charge in [-0.25, -0.2) is 0 Å². The molecule has 0 radical (unpaired) electrons. The predicted octanol–water partition coefficient (Wildman–Crippen LogP) is 5.01. The number of anilines is 2. The SMILES string of the molecule is CCN(Cc1ccccc1)c1ccnc(C(=O)Nc2cccc(Cl)c2)c1. The standard InChI is InChI=1S/C21H20ClN3O/c1-2-25(15-16-7-4-3-5-8-16)19-11-12-23-20(14-19)21(26)24-18-10-6-9-17(22)13-18/h3-14H,2,15H2,1H3,(H,24,26). The van der Waals surface area contributed by atoms with Gasteiger partial charge in [0.1, 0.15) is 5.69 Å². The van der Waals surface area contributed by atoms with E-state index in [1.807, 2.05) is 30.3 Å². The molecule has 1 aromatic heterocycles. The fourth-order valence-electron chi connectivity index (χ4n) is 2.69. The average molecular weight is 366 g/mol. The van der Waals surface area contributed by atoms with Crippen molar-refractivity contribution in [1.29, 1.82) is 0 Å². The maximum Gasteiger partial charge on any atom is 0.274 e. The van der Waals surface area contributed by atoms with Crippen molar-refractivity contribution in [2.24, 2.45) is 0 Å². The molecule has 1 heterocycles. The molecular formula is C21H20ClN3O. The minimum atomic E-state index is -0.259. The van der Waals surface area contributed by atoms with Crippen molar-refractivity contribution in [3.63, 3.8) is 0 Å². The highest BCUT2D eigenvalue weighted by molar-refractivity contribution is 6.30. The van der Waals surface area contributed by atoms with Crippen LogP contribution in [0.4, 0.5) is 11.4 Å². The summed E-state index contributed by atoms with van der Waals surface area (Å²) < 4.78 is 0. The molecule has 5 heteroatoms. The molecule has 0 aliphatic heterocycles. The number of nitrogens with one attached hydrogen (secondary N) is 1. The first-order valence-corrected chi connectivity index (χ1v) is 8.85. The van der Waals surface area contributed by atoms with Gasteiger partial charge in [-0.05, 0) is 42.8 Å². The molecule has 0 unspecified atom stereocenters. The summed E-state index contributed by atoms with van der Waals surface area (Å²) >= 11 is 5.96. The Morgan fingerprint density at radius 3 is 2.62 bits per heavy atom. The molecular weight excluding hydrogens is 346 g/mol. The highest BCUT2D eigenvalue weighted by Gasteiger charge is 2.12. The van der Waals surface area contributed by atoms with Gasteiger partial charge in [-0.2, -0.15) is 0 Å². The van der Waals surface area contributed by atoms with Crippen molar-refractivity contribution in [3.8, 4) is 0 Å². The molecule has 0 atom stereocenters. The lowest BCUT2D eigenvalue weighted by Gasteiger charge is -2.23. The van der Waals surface area contributed by atoms with Crippen LogP contribution in [0.3, 0.4) is 0 Å². The Balaban J connectivity index is 1.77. The van der Waals surface area contributed by atoms with Gasteiger partial charge in [-0.15, -0.1) is 0 Å². The van der Waals surface area contributed by atoms with Crippen LogP contribution in [0, 0.1) is 0 Å². The summed E-state index contributed by atoms with van der Waals surface area (Å²) in [6, 6.07) is 21.0. The Morgan fingerprint density at radius 1 is 1.08 bits per heavy atom. The zero-order valence-electron chi connectivity index (χ0n) is 14.5. The summed E-state index contributed by atoms with van der Waals surface area (Å²) in [4.78, 5) is 18.9. The van der Waals surface area contributed by atoms with Crippen LogP contribution in [0.25, 0.3) is 0 Å². The lowest BCUT2D eigenvalue weighted by Crippen LogP contribution is -2.23. The first-order chi connectivity index (χ1) is 12.7. The van der Waals surface area contributed by atoms with Crippen LogP contribution < -0.4 is 10.2 Å². The third-order valence-electron chi connectivity index (χ3n) is 4.02. The fraction of sp³-hybridized carbons (Fsp3) is 0.143. The number of aromatic nitrogens is 1. The Labute approximate surface area is 158 Å². The van der Waals surface area contributed by atoms with E-state index < -0.39 is 0 Å². The van der Waals surface area contributed by atoms with Gasteiger partial charge in [-0.1, -0.05) is 48.0 Å². The Morgan fingerprint density at radius 2 is 1.88 bits per heavy atom. The number of nitrogens with zero attached hydrogens (tertiary/aromatic N) is 2. The Hall–Kier alpha value is -2.85. The zero-order chi connectivity index (χ0) is 18.4. The van der Waals surface area contributed by atoms with E-state index in [-0.39, 0.29) is 5.91 Å². The summed E-state index contributed by atoms with van der Waals surface area (Å²) in [6.45, 7) is 3.69. The average Bonchev–Trinajstić information content (AvgIpc) is 2.67. The van der Waals surface area contributed by atoms with Crippen LogP contribution in [0.1, 0.15) is 23.0 Å². The molecule has 0 saturated carbocycles. The molecule has 4 nitrogen and oxygen atoms in total. The number of hydrogen-bond acceptors (Lipinski definition) is 3. The molecule has 0 aliphatic rings. The molecule has 0 fully saturated rings. The van der Waals surface area contributed by atoms with Crippen molar-refractivity contribution < 1.29 is 4.79 Å². The van der Waals surface area contributed by atoms with Crippen LogP contribution in [0.5, 0.6) is 0 Å². The summed E-state index contributed by atoms with van der Waals surface area (Å²) in [5.74, 6) is -0.259. The molecule has 3 aromatic rings. The summed E-state index contributed by atoms with van der Waals surface area (Å²) in [5, 5.41) is 3.40. The predicted molar refractivity (Wildman–Crippen MR) is 107 cm³/mol. The molecule has 0 saturated heterocycles. The van der Waals surface area contributed by atoms with Crippen molar-refractivity contribution in [2.75, 3.05) is 16.8 Å². The van der Waals surface area contributed by atoms with E-state index in [0.29, 0.717) is 16.4 Å². The molecule has 2 aromatic carbocycles. The van der Waals surface area contributed by atoms with Crippen molar-refractivity contribution in [2.45, 2.75) is 13.5 Å². The largest absolute Gasteiger partial charge is 0.367 e. The molecule has 132 valence electrons. The molecule has 1 amide bonds. The molecule has 3 rings (SSSR count). The summed E-state index contributed by atoms with van der Waals surface area (Å²) in [5.41, 5.74) is 3.19. The maximum atomic E-state index is 12.5. The van der Waals surface area contributed by atoms with Gasteiger partial charge in [0.2, 0.25) is 0 Å². The second-order valence-electron chi connectivity index (χ2n) is 5.86. The van der Waals surface area contributed by atoms with E-state index in [9.17, 15) is 4.79 Å². The van der Waals surface area contributed by atoms with Crippen LogP contribution in [0.2, 0.25) is 5.02 Å². The first-order valence-electron chi connectivity index (χ1n) is 8.47. The number of hydrogen-bond donors (Lipinski definition) is 1. The first kappa shape index (κ1) is 18.0. The fourth-order valence-corrected chi connectivity index (χ4v) is 2.88.